The molecule has 0 fully saturated rings. The lowest BCUT2D eigenvalue weighted by Gasteiger charge is -2.36. The number of aliphatic carboxylic acids is 3. The zero-order chi connectivity index (χ0) is 26.5. The highest BCUT2D eigenvalue weighted by atomic mass is 16.4. The van der Waals surface area contributed by atoms with Crippen LogP contribution in [-0.2, 0) is 30.4 Å². The summed E-state index contributed by atoms with van der Waals surface area (Å²) in [5, 5.41) is 33.7. The Morgan fingerprint density at radius 1 is 0.714 bits per heavy atom. The van der Waals surface area contributed by atoms with Gasteiger partial charge in [-0.3, -0.25) is 24.3 Å². The molecular weight excluding hydrogens is 464 g/mol. The number of carboxylic acid groups (broad SMARTS) is 3. The molecule has 0 aliphatic carbocycles. The molecule has 14 nitrogen and oxygen atoms in total. The zero-order valence-corrected chi connectivity index (χ0v) is 19.1. The monoisotopic (exact) mass is 493 g/mol. The Balaban J connectivity index is 3.17. The first-order valence-corrected chi connectivity index (χ1v) is 10.5. The van der Waals surface area contributed by atoms with Crippen molar-refractivity contribution in [3.05, 3.63) is 29.8 Å². The molecule has 0 radical (unpaired) electrons. The molecule has 2 amide bonds. The highest BCUT2D eigenvalue weighted by molar-refractivity contribution is 5.77. The summed E-state index contributed by atoms with van der Waals surface area (Å²) in [5.74, 6) is -5.97. The smallest absolute Gasteiger partial charge is 0.231 e. The largest absolute Gasteiger partial charge is 0.549 e. The molecule has 0 saturated carbocycles. The maximum absolute atomic E-state index is 11.6. The van der Waals surface area contributed by atoms with Crippen molar-refractivity contribution >= 4 is 35.4 Å². The number of nitrogen functional groups attached to an aromatic ring is 1. The fraction of sp³-hybridized carbons (Fsp3) is 0.476. The van der Waals surface area contributed by atoms with Crippen LogP contribution in [0.5, 0.6) is 0 Å². The van der Waals surface area contributed by atoms with Gasteiger partial charge in [-0.05, 0) is 24.1 Å². The average molecular weight is 493 g/mol. The molecule has 1 atom stereocenters. The van der Waals surface area contributed by atoms with Crippen molar-refractivity contribution < 1.29 is 39.3 Å². The Morgan fingerprint density at radius 3 is 1.69 bits per heavy atom. The lowest BCUT2D eigenvalue weighted by Crippen LogP contribution is -2.54. The topological polar surface area (TPSA) is 242 Å². The summed E-state index contributed by atoms with van der Waals surface area (Å²) in [6.45, 7) is -2.91. The fourth-order valence-electron chi connectivity index (χ4n) is 3.53. The number of carboxylic acids is 3. The van der Waals surface area contributed by atoms with E-state index in [0.717, 1.165) is 10.5 Å². The molecule has 0 spiro atoms. The van der Waals surface area contributed by atoms with Crippen LogP contribution >= 0.6 is 0 Å². The Bertz CT molecular complexity index is 862. The molecule has 0 saturated heterocycles. The van der Waals surface area contributed by atoms with Crippen LogP contribution in [0.4, 0.5) is 5.69 Å². The van der Waals surface area contributed by atoms with Gasteiger partial charge < -0.3 is 46.9 Å². The molecule has 0 bridgehead atoms. The SMILES string of the molecule is NC(=O)CN(CCN(CC(=O)[O-])CC(Cc1ccc(N)cc1)N(CC(N)=O)CC(=O)[O-])CC(=O)[O-]. The summed E-state index contributed by atoms with van der Waals surface area (Å²) in [7, 11) is 0. The third kappa shape index (κ3) is 12.9. The van der Waals surface area contributed by atoms with Crippen LogP contribution in [0.15, 0.2) is 24.3 Å². The molecule has 194 valence electrons. The standard InChI is InChI=1S/C21H32N6O8/c22-15-3-1-14(2-4-15)7-16(27(10-18(24)29)13-21(34)35)8-25(11-19(30)31)5-6-26(9-17(23)28)12-20(32)33/h1-4,16H,5-13,22H2,(H2,23,28)(H2,24,29)(H,30,31)(H,32,33)(H,34,35)/p-3. The number of benzene rings is 1. The van der Waals surface area contributed by atoms with Crippen molar-refractivity contribution in [2.24, 2.45) is 11.5 Å². The molecule has 0 aromatic heterocycles. The van der Waals surface area contributed by atoms with Gasteiger partial charge in [-0.2, -0.15) is 0 Å². The van der Waals surface area contributed by atoms with E-state index in [2.05, 4.69) is 0 Å². The molecule has 1 rings (SSSR count). The van der Waals surface area contributed by atoms with Crippen LogP contribution in [0.2, 0.25) is 0 Å². The number of hydrogen-bond donors (Lipinski definition) is 3. The second kappa shape index (κ2) is 14.5. The molecule has 0 aliphatic rings. The van der Waals surface area contributed by atoms with E-state index in [0.29, 0.717) is 5.69 Å². The van der Waals surface area contributed by atoms with Gasteiger partial charge in [0.15, 0.2) is 0 Å². The first-order valence-electron chi connectivity index (χ1n) is 10.5. The summed E-state index contributed by atoms with van der Waals surface area (Å²) < 4.78 is 0. The zero-order valence-electron chi connectivity index (χ0n) is 19.1. The number of primary amides is 2. The van der Waals surface area contributed by atoms with E-state index < -0.39 is 68.5 Å². The van der Waals surface area contributed by atoms with Gasteiger partial charge in [0.05, 0.1) is 31.0 Å². The number of carbonyl (C=O) groups is 5. The van der Waals surface area contributed by atoms with Crippen LogP contribution < -0.4 is 32.5 Å². The number of hydrogen-bond acceptors (Lipinski definition) is 12. The molecule has 0 aliphatic heterocycles. The minimum Gasteiger partial charge on any atom is -0.549 e. The first kappa shape index (κ1) is 29.3. The maximum Gasteiger partial charge on any atom is 0.231 e. The molecule has 35 heavy (non-hydrogen) atoms. The van der Waals surface area contributed by atoms with Gasteiger partial charge in [-0.15, -0.1) is 0 Å². The highest BCUT2D eigenvalue weighted by Crippen LogP contribution is 2.13. The van der Waals surface area contributed by atoms with Gasteiger partial charge in [0.25, 0.3) is 0 Å². The normalized spacial score (nSPS) is 12.1. The molecule has 1 aromatic rings. The Kier molecular flexibility index (Phi) is 12.1. The van der Waals surface area contributed by atoms with Gasteiger partial charge >= 0.3 is 0 Å². The van der Waals surface area contributed by atoms with Gasteiger partial charge in [0, 0.05) is 51.0 Å². The van der Waals surface area contributed by atoms with Gasteiger partial charge in [-0.1, -0.05) is 12.1 Å². The van der Waals surface area contributed by atoms with E-state index in [9.17, 15) is 39.3 Å². The minimum atomic E-state index is -1.47. The number of rotatable bonds is 18. The van der Waals surface area contributed by atoms with Crippen LogP contribution in [0.25, 0.3) is 0 Å². The molecule has 0 heterocycles. The van der Waals surface area contributed by atoms with E-state index in [1.807, 2.05) is 0 Å². The summed E-state index contributed by atoms with van der Waals surface area (Å²) >= 11 is 0. The van der Waals surface area contributed by atoms with E-state index in [1.165, 1.54) is 9.80 Å². The molecular formula is C21H29N6O8-3. The third-order valence-corrected chi connectivity index (χ3v) is 4.94. The predicted molar refractivity (Wildman–Crippen MR) is 116 cm³/mol. The van der Waals surface area contributed by atoms with Gasteiger partial charge in [-0.25, -0.2) is 0 Å². The Labute approximate surface area is 201 Å². The number of nitrogens with zero attached hydrogens (tertiary/aromatic N) is 3. The van der Waals surface area contributed by atoms with Crippen molar-refractivity contribution in [3.63, 3.8) is 0 Å². The van der Waals surface area contributed by atoms with Gasteiger partial charge in [0.1, 0.15) is 0 Å². The molecule has 1 aromatic carbocycles. The van der Waals surface area contributed by atoms with E-state index in [1.54, 1.807) is 24.3 Å². The fourth-order valence-corrected chi connectivity index (χ4v) is 3.53. The number of anilines is 1. The average Bonchev–Trinajstić information content (AvgIpc) is 2.70. The van der Waals surface area contributed by atoms with Crippen molar-refractivity contribution in [1.82, 2.24) is 14.7 Å². The van der Waals surface area contributed by atoms with Gasteiger partial charge in [0.2, 0.25) is 11.8 Å². The first-order chi connectivity index (χ1) is 16.3. The lowest BCUT2D eigenvalue weighted by atomic mass is 10.0. The molecule has 6 N–H and O–H groups in total. The Hall–Kier alpha value is -3.75. The number of amides is 2. The van der Waals surface area contributed by atoms with Crippen molar-refractivity contribution in [2.45, 2.75) is 12.5 Å². The van der Waals surface area contributed by atoms with Crippen molar-refractivity contribution in [3.8, 4) is 0 Å². The maximum atomic E-state index is 11.6. The second-order valence-electron chi connectivity index (χ2n) is 8.00. The third-order valence-electron chi connectivity index (χ3n) is 4.94. The van der Waals surface area contributed by atoms with E-state index >= 15 is 0 Å². The van der Waals surface area contributed by atoms with Crippen LogP contribution in [0, 0.1) is 0 Å². The van der Waals surface area contributed by atoms with Crippen molar-refractivity contribution in [2.75, 3.05) is 58.1 Å². The van der Waals surface area contributed by atoms with Crippen LogP contribution in [0.3, 0.4) is 0 Å². The summed E-state index contributed by atoms with van der Waals surface area (Å²) in [4.78, 5) is 60.3. The lowest BCUT2D eigenvalue weighted by molar-refractivity contribution is -0.308. The quantitative estimate of drug-likeness (QED) is 0.162. The van der Waals surface area contributed by atoms with E-state index in [-0.39, 0.29) is 26.1 Å². The Morgan fingerprint density at radius 2 is 1.20 bits per heavy atom. The predicted octanol–water partition coefficient (Wildman–Crippen LogP) is -6.69. The summed E-state index contributed by atoms with van der Waals surface area (Å²) in [6, 6.07) is 5.92. The highest BCUT2D eigenvalue weighted by Gasteiger charge is 2.24. The number of carbonyl (C=O) groups excluding carboxylic acids is 5. The van der Waals surface area contributed by atoms with Crippen molar-refractivity contribution in [1.29, 1.82) is 0 Å². The van der Waals surface area contributed by atoms with E-state index in [4.69, 9.17) is 17.2 Å². The molecule has 1 unspecified atom stereocenters. The second-order valence-corrected chi connectivity index (χ2v) is 8.00. The minimum absolute atomic E-state index is 0.0531. The number of nitrogens with two attached hydrogens (primary N) is 3. The summed E-state index contributed by atoms with van der Waals surface area (Å²) in [6.07, 6.45) is 0.189. The molecule has 14 heteroatoms. The summed E-state index contributed by atoms with van der Waals surface area (Å²) in [5.41, 5.74) is 17.3. The van der Waals surface area contributed by atoms with Crippen LogP contribution in [0.1, 0.15) is 5.56 Å². The van der Waals surface area contributed by atoms with Crippen LogP contribution in [-0.4, -0.2) is 103 Å².